The number of nitrogens with one attached hydrogen (secondary N) is 1. The minimum atomic E-state index is -0.594. The number of amides is 1. The van der Waals surface area contributed by atoms with E-state index in [4.69, 9.17) is 9.47 Å². The first-order valence-electron chi connectivity index (χ1n) is 9.42. The highest BCUT2D eigenvalue weighted by Gasteiger charge is 2.16. The second-order valence-electron chi connectivity index (χ2n) is 7.50. The minimum absolute atomic E-state index is 0.125. The predicted molar refractivity (Wildman–Crippen MR) is 112 cm³/mol. The zero-order chi connectivity index (χ0) is 21.3. The summed E-state index contributed by atoms with van der Waals surface area (Å²) in [6, 6.07) is 14.2. The van der Waals surface area contributed by atoms with Crippen LogP contribution in [0.15, 0.2) is 60.7 Å². The van der Waals surface area contributed by atoms with E-state index in [1.807, 2.05) is 30.3 Å². The van der Waals surface area contributed by atoms with Crippen molar-refractivity contribution < 1.29 is 24.2 Å². The second-order valence-corrected chi connectivity index (χ2v) is 7.50. The second kappa shape index (κ2) is 10.3. The summed E-state index contributed by atoms with van der Waals surface area (Å²) in [5.74, 6) is -0.293. The number of hydrogen-bond acceptors (Lipinski definition) is 5. The summed E-state index contributed by atoms with van der Waals surface area (Å²) in [5, 5.41) is 12.7. The molecule has 6 heteroatoms. The Morgan fingerprint density at radius 1 is 1.10 bits per heavy atom. The Labute approximate surface area is 171 Å². The zero-order valence-corrected chi connectivity index (χ0v) is 17.0. The lowest BCUT2D eigenvalue weighted by Gasteiger charge is -2.19. The number of ether oxygens (including phenoxy) is 2. The molecule has 6 nitrogen and oxygen atoms in total. The van der Waals surface area contributed by atoms with E-state index >= 15 is 0 Å². The molecule has 2 rings (SSSR count). The molecule has 29 heavy (non-hydrogen) atoms. The van der Waals surface area contributed by atoms with Crippen LogP contribution >= 0.6 is 0 Å². The van der Waals surface area contributed by atoms with Gasteiger partial charge in [0.05, 0.1) is 0 Å². The van der Waals surface area contributed by atoms with E-state index in [0.717, 1.165) is 5.56 Å². The number of carbonyl (C=O) groups is 2. The molecule has 2 N–H and O–H groups in total. The number of phenols is 1. The Kier molecular flexibility index (Phi) is 7.83. The predicted octanol–water partition coefficient (Wildman–Crippen LogP) is 4.97. The van der Waals surface area contributed by atoms with Crippen molar-refractivity contribution in [3.05, 3.63) is 71.8 Å². The first kappa shape index (κ1) is 22.0. The first-order chi connectivity index (χ1) is 13.7. The van der Waals surface area contributed by atoms with Crippen LogP contribution in [0.1, 0.15) is 38.3 Å². The molecule has 0 atom stereocenters. The SMILES string of the molecule is CC(C)(C)OC(=O)Nc1ccc(O)c(CC/C=C/C(=O)OCc2ccccc2)c1. The van der Waals surface area contributed by atoms with Crippen LogP contribution in [0.25, 0.3) is 0 Å². The maximum atomic E-state index is 11.9. The summed E-state index contributed by atoms with van der Waals surface area (Å²) < 4.78 is 10.4. The van der Waals surface area contributed by atoms with Crippen molar-refractivity contribution in [3.8, 4) is 5.75 Å². The van der Waals surface area contributed by atoms with Crippen LogP contribution in [-0.4, -0.2) is 22.8 Å². The van der Waals surface area contributed by atoms with E-state index in [1.165, 1.54) is 12.1 Å². The van der Waals surface area contributed by atoms with Gasteiger partial charge in [-0.05, 0) is 62.9 Å². The van der Waals surface area contributed by atoms with Gasteiger partial charge < -0.3 is 14.6 Å². The molecule has 0 saturated carbocycles. The number of rotatable bonds is 7. The number of phenolic OH excluding ortho intramolecular Hbond substituents is 1. The van der Waals surface area contributed by atoms with Gasteiger partial charge in [0.2, 0.25) is 0 Å². The fraction of sp³-hybridized carbons (Fsp3) is 0.304. The number of benzene rings is 2. The number of hydrogen-bond donors (Lipinski definition) is 2. The number of allylic oxidation sites excluding steroid dienone is 1. The van der Waals surface area contributed by atoms with Crippen molar-refractivity contribution in [1.82, 2.24) is 0 Å². The topological polar surface area (TPSA) is 84.9 Å². The fourth-order valence-corrected chi connectivity index (χ4v) is 2.48. The van der Waals surface area contributed by atoms with Crippen molar-refractivity contribution in [3.63, 3.8) is 0 Å². The molecule has 0 heterocycles. The summed E-state index contributed by atoms with van der Waals surface area (Å²) in [7, 11) is 0. The first-order valence-corrected chi connectivity index (χ1v) is 9.42. The van der Waals surface area contributed by atoms with E-state index < -0.39 is 17.7 Å². The lowest BCUT2D eigenvalue weighted by Crippen LogP contribution is -2.27. The Balaban J connectivity index is 1.82. The molecular formula is C23H27NO5. The summed E-state index contributed by atoms with van der Waals surface area (Å²) >= 11 is 0. The van der Waals surface area contributed by atoms with Gasteiger partial charge in [0.1, 0.15) is 18.0 Å². The number of aromatic hydroxyl groups is 1. The average Bonchev–Trinajstić information content (AvgIpc) is 2.65. The van der Waals surface area contributed by atoms with Crippen molar-refractivity contribution in [2.24, 2.45) is 0 Å². The van der Waals surface area contributed by atoms with Crippen molar-refractivity contribution in [1.29, 1.82) is 0 Å². The highest BCUT2D eigenvalue weighted by molar-refractivity contribution is 5.85. The number of aryl methyl sites for hydroxylation is 1. The van der Waals surface area contributed by atoms with E-state index in [2.05, 4.69) is 5.32 Å². The number of anilines is 1. The summed E-state index contributed by atoms with van der Waals surface area (Å²) in [6.45, 7) is 5.58. The van der Waals surface area contributed by atoms with Gasteiger partial charge in [-0.1, -0.05) is 36.4 Å². The molecule has 0 aliphatic rings. The van der Waals surface area contributed by atoms with Gasteiger partial charge in [-0.15, -0.1) is 0 Å². The fourth-order valence-electron chi connectivity index (χ4n) is 2.48. The summed E-state index contributed by atoms with van der Waals surface area (Å²) in [5.41, 5.74) is 1.51. The molecule has 0 bridgehead atoms. The Bertz CT molecular complexity index is 853. The third-order valence-electron chi connectivity index (χ3n) is 3.78. The Morgan fingerprint density at radius 2 is 1.83 bits per heavy atom. The maximum absolute atomic E-state index is 11.9. The van der Waals surface area contributed by atoms with Gasteiger partial charge in [0.15, 0.2) is 0 Å². The van der Waals surface area contributed by atoms with Gasteiger partial charge >= 0.3 is 12.1 Å². The van der Waals surface area contributed by atoms with Crippen LogP contribution in [0.5, 0.6) is 5.75 Å². The smallest absolute Gasteiger partial charge is 0.412 e. The van der Waals surface area contributed by atoms with Crippen LogP contribution in [0, 0.1) is 0 Å². The third-order valence-corrected chi connectivity index (χ3v) is 3.78. The maximum Gasteiger partial charge on any atom is 0.412 e. The highest BCUT2D eigenvalue weighted by atomic mass is 16.6. The van der Waals surface area contributed by atoms with Gasteiger partial charge in [-0.25, -0.2) is 9.59 Å². The monoisotopic (exact) mass is 397 g/mol. The summed E-state index contributed by atoms with van der Waals surface area (Å²) in [6.07, 6.45) is 3.54. The average molecular weight is 397 g/mol. The van der Waals surface area contributed by atoms with Crippen LogP contribution < -0.4 is 5.32 Å². The van der Waals surface area contributed by atoms with Gasteiger partial charge in [-0.2, -0.15) is 0 Å². The quantitative estimate of drug-likeness (QED) is 0.391. The Hall–Kier alpha value is -3.28. The molecule has 1 amide bonds. The van der Waals surface area contributed by atoms with Gasteiger partial charge in [0, 0.05) is 11.8 Å². The lowest BCUT2D eigenvalue weighted by atomic mass is 10.1. The van der Waals surface area contributed by atoms with Crippen LogP contribution in [0.3, 0.4) is 0 Å². The molecule has 0 unspecified atom stereocenters. The van der Waals surface area contributed by atoms with E-state index in [-0.39, 0.29) is 12.4 Å². The lowest BCUT2D eigenvalue weighted by molar-refractivity contribution is -0.139. The van der Waals surface area contributed by atoms with Crippen LogP contribution in [-0.2, 0) is 27.3 Å². The molecule has 2 aromatic carbocycles. The normalized spacial score (nSPS) is 11.3. The molecule has 0 fully saturated rings. The molecule has 0 spiro atoms. The van der Waals surface area contributed by atoms with E-state index in [1.54, 1.807) is 39.0 Å². The number of carbonyl (C=O) groups excluding carboxylic acids is 2. The van der Waals surface area contributed by atoms with Gasteiger partial charge in [-0.3, -0.25) is 5.32 Å². The molecule has 2 aromatic rings. The molecule has 0 aromatic heterocycles. The highest BCUT2D eigenvalue weighted by Crippen LogP contribution is 2.23. The molecule has 0 aliphatic heterocycles. The van der Waals surface area contributed by atoms with Crippen molar-refractivity contribution >= 4 is 17.7 Å². The van der Waals surface area contributed by atoms with Gasteiger partial charge in [0.25, 0.3) is 0 Å². The summed E-state index contributed by atoms with van der Waals surface area (Å²) in [4.78, 5) is 23.6. The third kappa shape index (κ3) is 8.51. The van der Waals surface area contributed by atoms with Crippen LogP contribution in [0.2, 0.25) is 0 Å². The van der Waals surface area contributed by atoms with E-state index in [9.17, 15) is 14.7 Å². The Morgan fingerprint density at radius 3 is 2.52 bits per heavy atom. The molecule has 0 radical (unpaired) electrons. The van der Waals surface area contributed by atoms with Crippen molar-refractivity contribution in [2.75, 3.05) is 5.32 Å². The minimum Gasteiger partial charge on any atom is -0.508 e. The molecule has 0 aliphatic carbocycles. The van der Waals surface area contributed by atoms with Crippen LogP contribution in [0.4, 0.5) is 10.5 Å². The molecule has 0 saturated heterocycles. The molecular weight excluding hydrogens is 370 g/mol. The van der Waals surface area contributed by atoms with E-state index in [0.29, 0.717) is 24.1 Å². The van der Waals surface area contributed by atoms with Crippen molar-refractivity contribution in [2.45, 2.75) is 45.8 Å². The molecule has 154 valence electrons. The standard InChI is InChI=1S/C23H27NO5/c1-23(2,3)29-22(27)24-19-13-14-20(25)18(15-19)11-7-8-12-21(26)28-16-17-9-5-4-6-10-17/h4-6,8-10,12-15,25H,7,11,16H2,1-3H3,(H,24,27)/b12-8+. The largest absolute Gasteiger partial charge is 0.508 e. The zero-order valence-electron chi connectivity index (χ0n) is 17.0. The number of esters is 1.